The number of nitrogens with one attached hydrogen (secondary N) is 6. The van der Waals surface area contributed by atoms with E-state index in [4.69, 9.17) is 67.3 Å². The van der Waals surface area contributed by atoms with E-state index in [1.165, 1.54) is 12.2 Å². The van der Waals surface area contributed by atoms with Gasteiger partial charge in [0.05, 0.1) is 185 Å². The fourth-order valence-corrected chi connectivity index (χ4v) is 6.61. The van der Waals surface area contributed by atoms with Crippen LogP contribution in [-0.4, -0.2) is 280 Å². The van der Waals surface area contributed by atoms with Gasteiger partial charge in [-0.3, -0.25) is 48.1 Å². The molecule has 0 bridgehead atoms. The highest BCUT2D eigenvalue weighted by atomic mass is 16.6. The summed E-state index contributed by atoms with van der Waals surface area (Å²) in [4.78, 5) is 109. The fraction of sp³-hybridized carbons (Fsp3) is 0.685. The molecule has 1 aromatic carbocycles. The summed E-state index contributed by atoms with van der Waals surface area (Å²) in [6.07, 6.45) is 1.04. The van der Waals surface area contributed by atoms with Gasteiger partial charge in [-0.2, -0.15) is 0 Å². The molecule has 2 rings (SSSR count). The summed E-state index contributed by atoms with van der Waals surface area (Å²) in [6.45, 7) is 7.84. The Morgan fingerprint density at radius 3 is 1.28 bits per heavy atom. The predicted octanol–water partition coefficient (Wildman–Crippen LogP) is -4.59. The van der Waals surface area contributed by atoms with Gasteiger partial charge in [-0.25, -0.2) is 0 Å². The van der Waals surface area contributed by atoms with E-state index in [2.05, 4.69) is 31.9 Å². The molecule has 0 saturated carbocycles. The lowest BCUT2D eigenvalue weighted by Gasteiger charge is -2.19. The monoisotopic (exact) mass is 1220 g/mol. The minimum absolute atomic E-state index is 0.0147. The van der Waals surface area contributed by atoms with Crippen molar-refractivity contribution in [3.05, 3.63) is 48.0 Å². The first-order chi connectivity index (χ1) is 41.3. The van der Waals surface area contributed by atoms with E-state index in [1.807, 2.05) is 0 Å². The summed E-state index contributed by atoms with van der Waals surface area (Å²) >= 11 is 0. The molecule has 2 atom stereocenters. The first kappa shape index (κ1) is 74.9. The van der Waals surface area contributed by atoms with Gasteiger partial charge < -0.3 is 104 Å². The van der Waals surface area contributed by atoms with E-state index in [0.29, 0.717) is 145 Å². The van der Waals surface area contributed by atoms with Crippen LogP contribution in [0, 0.1) is 0 Å². The predicted molar refractivity (Wildman–Crippen MR) is 298 cm³/mol. The maximum absolute atomic E-state index is 13.0. The summed E-state index contributed by atoms with van der Waals surface area (Å²) in [5.41, 5.74) is 5.69. The number of carbonyl (C=O) groups excluding carboxylic acids is 9. The SMILES string of the molecule is NC(=O)[C@H](O)CCOCNC(=O)CNC(=O)[C@H](Cc1ccccc1)NC(=O)CNC(=O)CNC(=O)CCOCCOCCOCCOCCOCCOCCOCCOCCOCCOCCOCCOCCNC(=O)CCN1C(=O)C=CC1=O. The molecular weight excluding hydrogens is 1130 g/mol. The minimum atomic E-state index is -1.38. The molecule has 1 aromatic rings. The van der Waals surface area contributed by atoms with E-state index in [9.17, 15) is 48.3 Å². The molecule has 0 unspecified atom stereocenters. The van der Waals surface area contributed by atoms with E-state index in [-0.39, 0.29) is 71.3 Å². The summed E-state index contributed by atoms with van der Waals surface area (Å²) in [5, 5.41) is 24.3. The Bertz CT molecular complexity index is 2030. The number of aliphatic hydroxyl groups excluding tert-OH is 1. The van der Waals surface area contributed by atoms with Crippen molar-refractivity contribution in [3.63, 3.8) is 0 Å². The van der Waals surface area contributed by atoms with Gasteiger partial charge in [0.25, 0.3) is 11.8 Å². The van der Waals surface area contributed by atoms with E-state index in [0.717, 1.165) is 10.5 Å². The number of aliphatic hydroxyl groups is 1. The van der Waals surface area contributed by atoms with E-state index < -0.39 is 79.0 Å². The van der Waals surface area contributed by atoms with Crippen molar-refractivity contribution < 1.29 is 110 Å². The van der Waals surface area contributed by atoms with Crippen molar-refractivity contribution in [3.8, 4) is 0 Å². The highest BCUT2D eigenvalue weighted by Gasteiger charge is 2.24. The van der Waals surface area contributed by atoms with Crippen LogP contribution in [-0.2, 0) is 111 Å². The Labute approximate surface area is 494 Å². The van der Waals surface area contributed by atoms with Crippen LogP contribution in [0.2, 0.25) is 0 Å². The number of primary amides is 1. The number of hydrogen-bond donors (Lipinski definition) is 8. The first-order valence-corrected chi connectivity index (χ1v) is 28.0. The molecule has 9 N–H and O–H groups in total. The second kappa shape index (κ2) is 52.2. The summed E-state index contributed by atoms with van der Waals surface area (Å²) in [7, 11) is 0. The molecule has 9 amide bonds. The standard InChI is InChI=1S/C54H88N8O23/c55-53(71)45(63)9-13-85-42-60-49(67)40-59-54(72)44(38-43-4-2-1-3-5-43)61-50(68)41-58-48(66)39-57-47(65)10-14-73-16-18-75-20-22-77-24-26-79-28-30-81-32-34-83-36-37-84-35-33-82-31-29-80-27-25-78-23-21-76-19-17-74-15-11-56-46(64)8-12-62-51(69)6-7-52(62)70/h1-7,44-45,63H,8-42H2,(H2,55,71)(H,56,64)(H,57,65)(H,58,66)(H,59,72)(H,60,67)(H,61,68)/t44-,45+/m0/s1. The summed E-state index contributed by atoms with van der Waals surface area (Å²) < 4.78 is 70.7. The van der Waals surface area contributed by atoms with Crippen molar-refractivity contribution in [2.24, 2.45) is 5.73 Å². The highest BCUT2D eigenvalue weighted by Crippen LogP contribution is 2.05. The zero-order chi connectivity index (χ0) is 61.6. The van der Waals surface area contributed by atoms with Crippen LogP contribution < -0.4 is 37.6 Å². The lowest BCUT2D eigenvalue weighted by Crippen LogP contribution is -2.52. The maximum atomic E-state index is 13.0. The number of hydrogen-bond acceptors (Lipinski definition) is 23. The van der Waals surface area contributed by atoms with Crippen molar-refractivity contribution >= 4 is 53.2 Å². The third-order valence-corrected chi connectivity index (χ3v) is 11.1. The maximum Gasteiger partial charge on any atom is 0.253 e. The Morgan fingerprint density at radius 2 is 0.824 bits per heavy atom. The van der Waals surface area contributed by atoms with Crippen LogP contribution >= 0.6 is 0 Å². The van der Waals surface area contributed by atoms with Gasteiger partial charge in [-0.1, -0.05) is 30.3 Å². The molecule has 31 nitrogen and oxygen atoms in total. The van der Waals surface area contributed by atoms with Crippen LogP contribution in [0.1, 0.15) is 24.8 Å². The Hall–Kier alpha value is -6.17. The van der Waals surface area contributed by atoms with Gasteiger partial charge in [0, 0.05) is 50.9 Å². The second-order valence-electron chi connectivity index (χ2n) is 17.8. The molecule has 1 heterocycles. The van der Waals surface area contributed by atoms with Crippen LogP contribution in [0.15, 0.2) is 42.5 Å². The van der Waals surface area contributed by atoms with E-state index >= 15 is 0 Å². The summed E-state index contributed by atoms with van der Waals surface area (Å²) in [6, 6.07) is 7.71. The van der Waals surface area contributed by atoms with Crippen LogP contribution in [0.4, 0.5) is 0 Å². The number of amides is 9. The Balaban J connectivity index is 1.27. The molecule has 1 aliphatic rings. The van der Waals surface area contributed by atoms with Gasteiger partial charge in [0.1, 0.15) is 18.9 Å². The first-order valence-electron chi connectivity index (χ1n) is 28.0. The molecule has 31 heteroatoms. The normalized spacial score (nSPS) is 12.7. The molecule has 0 saturated heterocycles. The number of nitrogens with zero attached hydrogens (tertiary/aromatic N) is 1. The quantitative estimate of drug-likeness (QED) is 0.0173. The molecule has 85 heavy (non-hydrogen) atoms. The number of benzene rings is 1. The number of nitrogens with two attached hydrogens (primary N) is 1. The van der Waals surface area contributed by atoms with Crippen molar-refractivity contribution in [1.29, 1.82) is 0 Å². The minimum Gasteiger partial charge on any atom is -0.383 e. The third kappa shape index (κ3) is 44.0. The lowest BCUT2D eigenvalue weighted by atomic mass is 10.1. The van der Waals surface area contributed by atoms with Gasteiger partial charge in [0.2, 0.25) is 41.4 Å². The number of ether oxygens (including phenoxy) is 13. The zero-order valence-electron chi connectivity index (χ0n) is 48.4. The number of rotatable bonds is 58. The van der Waals surface area contributed by atoms with Crippen LogP contribution in [0.3, 0.4) is 0 Å². The fourth-order valence-electron chi connectivity index (χ4n) is 6.61. The molecule has 482 valence electrons. The Morgan fingerprint density at radius 1 is 0.435 bits per heavy atom. The summed E-state index contributed by atoms with van der Waals surface area (Å²) in [5.74, 6) is -5.03. The molecule has 0 radical (unpaired) electrons. The van der Waals surface area contributed by atoms with Crippen LogP contribution in [0.5, 0.6) is 0 Å². The molecule has 0 aromatic heterocycles. The molecule has 1 aliphatic heterocycles. The average molecular weight is 1220 g/mol. The van der Waals surface area contributed by atoms with Gasteiger partial charge in [-0.15, -0.1) is 0 Å². The zero-order valence-corrected chi connectivity index (χ0v) is 48.4. The third-order valence-electron chi connectivity index (χ3n) is 11.1. The molecule has 0 aliphatic carbocycles. The molecule has 0 fully saturated rings. The smallest absolute Gasteiger partial charge is 0.253 e. The van der Waals surface area contributed by atoms with Gasteiger partial charge >= 0.3 is 0 Å². The second-order valence-corrected chi connectivity index (χ2v) is 17.8. The highest BCUT2D eigenvalue weighted by molar-refractivity contribution is 6.13. The van der Waals surface area contributed by atoms with Crippen molar-refractivity contribution in [2.75, 3.05) is 205 Å². The van der Waals surface area contributed by atoms with Crippen molar-refractivity contribution in [1.82, 2.24) is 36.8 Å². The topological polar surface area (TPSA) is 395 Å². The van der Waals surface area contributed by atoms with Crippen molar-refractivity contribution in [2.45, 2.75) is 37.8 Å². The van der Waals surface area contributed by atoms with E-state index in [1.54, 1.807) is 30.3 Å². The lowest BCUT2D eigenvalue weighted by molar-refractivity contribution is -0.137. The molecule has 0 spiro atoms. The number of carbonyl (C=O) groups is 9. The number of imide groups is 1. The average Bonchev–Trinajstić information content (AvgIpc) is 4.13. The molecular formula is C54H88N8O23. The van der Waals surface area contributed by atoms with Crippen LogP contribution in [0.25, 0.3) is 0 Å². The Kier molecular flexibility index (Phi) is 46.0. The van der Waals surface area contributed by atoms with Gasteiger partial charge in [-0.05, 0) is 5.56 Å². The van der Waals surface area contributed by atoms with Gasteiger partial charge in [0.15, 0.2) is 0 Å². The largest absolute Gasteiger partial charge is 0.383 e.